The van der Waals surface area contributed by atoms with Crippen LogP contribution in [0.1, 0.15) is 22.5 Å². The van der Waals surface area contributed by atoms with Gasteiger partial charge in [0.05, 0.1) is 17.9 Å². The van der Waals surface area contributed by atoms with Gasteiger partial charge in [-0.25, -0.2) is 0 Å². The van der Waals surface area contributed by atoms with E-state index < -0.39 is 5.54 Å². The third-order valence-corrected chi connectivity index (χ3v) is 2.76. The van der Waals surface area contributed by atoms with Crippen LogP contribution in [-0.4, -0.2) is 34.3 Å². The summed E-state index contributed by atoms with van der Waals surface area (Å²) in [5.74, 6) is -0.0643. The van der Waals surface area contributed by atoms with Gasteiger partial charge < -0.3 is 10.5 Å². The Morgan fingerprint density at radius 2 is 2.47 bits per heavy atom. The van der Waals surface area contributed by atoms with E-state index in [4.69, 9.17) is 10.5 Å². The predicted octanol–water partition coefficient (Wildman–Crippen LogP) is 0.0290. The Kier molecular flexibility index (Phi) is 2.36. The first-order chi connectivity index (χ1) is 7.03. The van der Waals surface area contributed by atoms with E-state index in [1.54, 1.807) is 17.9 Å². The summed E-state index contributed by atoms with van der Waals surface area (Å²) in [5, 5.41) is 4.13. The van der Waals surface area contributed by atoms with Crippen LogP contribution in [-0.2, 0) is 11.8 Å². The number of hydrogen-bond acceptors (Lipinski definition) is 4. The third-order valence-electron chi connectivity index (χ3n) is 2.76. The number of rotatable bonds is 2. The lowest BCUT2D eigenvalue weighted by Gasteiger charge is -2.19. The number of carbonyl (C=O) groups is 1. The van der Waals surface area contributed by atoms with Crippen LogP contribution in [0, 0.1) is 6.92 Å². The number of aryl methyl sites for hydroxylation is 2. The summed E-state index contributed by atoms with van der Waals surface area (Å²) >= 11 is 0. The molecule has 2 N–H and O–H groups in total. The van der Waals surface area contributed by atoms with Gasteiger partial charge in [0.15, 0.2) is 5.78 Å². The lowest BCUT2D eigenvalue weighted by Crippen LogP contribution is -2.48. The molecule has 1 atom stereocenters. The van der Waals surface area contributed by atoms with Crippen LogP contribution in [0.2, 0.25) is 0 Å². The van der Waals surface area contributed by atoms with Crippen molar-refractivity contribution >= 4 is 5.78 Å². The normalized spacial score (nSPS) is 25.8. The molecule has 1 aromatic heterocycles. The maximum atomic E-state index is 12.1. The van der Waals surface area contributed by atoms with Gasteiger partial charge in [-0.05, 0) is 13.3 Å². The molecule has 2 heterocycles. The molecule has 0 spiro atoms. The number of aromatic nitrogens is 2. The van der Waals surface area contributed by atoms with E-state index in [-0.39, 0.29) is 5.78 Å². The van der Waals surface area contributed by atoms with Gasteiger partial charge in [-0.15, -0.1) is 0 Å². The van der Waals surface area contributed by atoms with Crippen molar-refractivity contribution in [2.75, 3.05) is 13.2 Å². The molecular formula is C10H15N3O2. The molecule has 2 rings (SSSR count). The summed E-state index contributed by atoms with van der Waals surface area (Å²) in [6.07, 6.45) is 2.30. The number of hydrogen-bond donors (Lipinski definition) is 1. The van der Waals surface area contributed by atoms with Crippen LogP contribution in [0.5, 0.6) is 0 Å². The van der Waals surface area contributed by atoms with E-state index in [1.165, 1.54) is 0 Å². The Labute approximate surface area is 88.2 Å². The fraction of sp³-hybridized carbons (Fsp3) is 0.600. The van der Waals surface area contributed by atoms with E-state index in [0.717, 1.165) is 5.69 Å². The lowest BCUT2D eigenvalue weighted by atomic mass is 9.90. The Bertz CT molecular complexity index is 391. The molecule has 1 fully saturated rings. The molecule has 0 aliphatic carbocycles. The largest absolute Gasteiger partial charge is 0.379 e. The van der Waals surface area contributed by atoms with Crippen molar-refractivity contribution in [1.82, 2.24) is 9.78 Å². The zero-order chi connectivity index (χ0) is 11.1. The third kappa shape index (κ3) is 1.68. The smallest absolute Gasteiger partial charge is 0.188 e. The number of nitrogens with two attached hydrogens (primary N) is 1. The molecule has 1 unspecified atom stereocenters. The number of nitrogens with zero attached hydrogens (tertiary/aromatic N) is 2. The lowest BCUT2D eigenvalue weighted by molar-refractivity contribution is 0.0862. The van der Waals surface area contributed by atoms with Crippen molar-refractivity contribution in [3.8, 4) is 0 Å². The van der Waals surface area contributed by atoms with Gasteiger partial charge in [-0.3, -0.25) is 9.48 Å². The van der Waals surface area contributed by atoms with E-state index in [2.05, 4.69) is 5.10 Å². The SMILES string of the molecule is Cc1nn(C)cc1C(=O)C1(N)CCOC1. The molecule has 0 bridgehead atoms. The van der Waals surface area contributed by atoms with E-state index in [1.807, 2.05) is 6.92 Å². The Hall–Kier alpha value is -1.20. The molecule has 1 aliphatic heterocycles. The predicted molar refractivity (Wildman–Crippen MR) is 54.6 cm³/mol. The minimum absolute atomic E-state index is 0.0643. The van der Waals surface area contributed by atoms with Crippen LogP contribution in [0.25, 0.3) is 0 Å². The molecule has 1 aromatic rings. The molecule has 15 heavy (non-hydrogen) atoms. The summed E-state index contributed by atoms with van der Waals surface area (Å²) in [6.45, 7) is 2.67. The summed E-state index contributed by atoms with van der Waals surface area (Å²) in [5.41, 5.74) is 6.47. The van der Waals surface area contributed by atoms with Crippen molar-refractivity contribution < 1.29 is 9.53 Å². The summed E-state index contributed by atoms with van der Waals surface area (Å²) in [4.78, 5) is 12.1. The number of ketones is 1. The first kappa shape index (κ1) is 10.3. The molecule has 5 nitrogen and oxygen atoms in total. The molecule has 0 radical (unpaired) electrons. The Morgan fingerprint density at radius 3 is 2.93 bits per heavy atom. The Morgan fingerprint density at radius 1 is 1.73 bits per heavy atom. The van der Waals surface area contributed by atoms with E-state index in [0.29, 0.717) is 25.2 Å². The zero-order valence-corrected chi connectivity index (χ0v) is 8.99. The first-order valence-electron chi connectivity index (χ1n) is 4.94. The van der Waals surface area contributed by atoms with E-state index >= 15 is 0 Å². The molecule has 1 aliphatic rings. The summed E-state index contributed by atoms with van der Waals surface area (Å²) in [6, 6.07) is 0. The van der Waals surface area contributed by atoms with Crippen molar-refractivity contribution in [3.63, 3.8) is 0 Å². The van der Waals surface area contributed by atoms with Crippen molar-refractivity contribution in [1.29, 1.82) is 0 Å². The standard InChI is InChI=1S/C10H15N3O2/c1-7-8(5-13(2)12-7)9(14)10(11)3-4-15-6-10/h5H,3-4,6,11H2,1-2H3. The van der Waals surface area contributed by atoms with Gasteiger partial charge in [0.25, 0.3) is 0 Å². The van der Waals surface area contributed by atoms with Crippen LogP contribution in [0.3, 0.4) is 0 Å². The maximum absolute atomic E-state index is 12.1. The van der Waals surface area contributed by atoms with E-state index in [9.17, 15) is 4.79 Å². The second-order valence-electron chi connectivity index (χ2n) is 4.09. The van der Waals surface area contributed by atoms with Crippen molar-refractivity contribution in [3.05, 3.63) is 17.5 Å². The van der Waals surface area contributed by atoms with Gasteiger partial charge in [0.2, 0.25) is 0 Å². The molecule has 0 amide bonds. The van der Waals surface area contributed by atoms with Gasteiger partial charge in [0.1, 0.15) is 5.54 Å². The van der Waals surface area contributed by atoms with Gasteiger partial charge in [-0.2, -0.15) is 5.10 Å². The first-order valence-corrected chi connectivity index (χ1v) is 4.94. The summed E-state index contributed by atoms with van der Waals surface area (Å²) in [7, 11) is 1.79. The number of carbonyl (C=O) groups excluding carboxylic acids is 1. The highest BCUT2D eigenvalue weighted by atomic mass is 16.5. The average Bonchev–Trinajstić information content (AvgIpc) is 2.73. The highest BCUT2D eigenvalue weighted by molar-refractivity contribution is 6.04. The molecule has 0 aromatic carbocycles. The van der Waals surface area contributed by atoms with Crippen molar-refractivity contribution in [2.45, 2.75) is 18.9 Å². The minimum atomic E-state index is -0.853. The number of ether oxygens (including phenoxy) is 1. The van der Waals surface area contributed by atoms with Gasteiger partial charge >= 0.3 is 0 Å². The van der Waals surface area contributed by atoms with Crippen LogP contribution in [0.15, 0.2) is 6.20 Å². The Balaban J connectivity index is 2.31. The quantitative estimate of drug-likeness (QED) is 0.697. The fourth-order valence-electron chi connectivity index (χ4n) is 1.85. The van der Waals surface area contributed by atoms with Crippen LogP contribution in [0.4, 0.5) is 0 Å². The molecule has 82 valence electrons. The molecule has 0 saturated carbocycles. The maximum Gasteiger partial charge on any atom is 0.188 e. The van der Waals surface area contributed by atoms with Crippen molar-refractivity contribution in [2.24, 2.45) is 12.8 Å². The molecule has 5 heteroatoms. The monoisotopic (exact) mass is 209 g/mol. The average molecular weight is 209 g/mol. The highest BCUT2D eigenvalue weighted by Crippen LogP contribution is 2.22. The zero-order valence-electron chi connectivity index (χ0n) is 8.99. The number of Topliss-reactive ketones (excluding diaryl/α,β-unsaturated/α-hetero) is 1. The van der Waals surface area contributed by atoms with Gasteiger partial charge in [0, 0.05) is 19.9 Å². The second-order valence-corrected chi connectivity index (χ2v) is 4.09. The van der Waals surface area contributed by atoms with Crippen LogP contribution < -0.4 is 5.73 Å². The van der Waals surface area contributed by atoms with Gasteiger partial charge in [-0.1, -0.05) is 0 Å². The molecule has 1 saturated heterocycles. The summed E-state index contributed by atoms with van der Waals surface area (Å²) < 4.78 is 6.80. The topological polar surface area (TPSA) is 70.1 Å². The fourth-order valence-corrected chi connectivity index (χ4v) is 1.85. The highest BCUT2D eigenvalue weighted by Gasteiger charge is 2.39. The molecular weight excluding hydrogens is 194 g/mol. The minimum Gasteiger partial charge on any atom is -0.379 e. The van der Waals surface area contributed by atoms with Crippen LogP contribution >= 0.6 is 0 Å². The second kappa shape index (κ2) is 3.43.